The van der Waals surface area contributed by atoms with Gasteiger partial charge in [0.2, 0.25) is 0 Å². The van der Waals surface area contributed by atoms with Crippen molar-refractivity contribution in [2.75, 3.05) is 24.7 Å². The molecule has 94 valence electrons. The SMILES string of the molecule is CC1(CS(=O)(=O)Cc2ccc(N)cc2)COC1. The number of benzene rings is 1. The summed E-state index contributed by atoms with van der Waals surface area (Å²) in [6.45, 7) is 3.01. The van der Waals surface area contributed by atoms with Crippen LogP contribution in [0.15, 0.2) is 24.3 Å². The second kappa shape index (κ2) is 4.31. The van der Waals surface area contributed by atoms with Crippen LogP contribution in [0, 0.1) is 5.41 Å². The van der Waals surface area contributed by atoms with E-state index in [0.29, 0.717) is 18.9 Å². The van der Waals surface area contributed by atoms with Crippen LogP contribution in [0.4, 0.5) is 5.69 Å². The third-order valence-corrected chi connectivity index (χ3v) is 4.75. The fraction of sp³-hybridized carbons (Fsp3) is 0.500. The van der Waals surface area contributed by atoms with Crippen LogP contribution < -0.4 is 5.73 Å². The lowest BCUT2D eigenvalue weighted by atomic mass is 9.92. The minimum absolute atomic E-state index is 0.0723. The average Bonchev–Trinajstić information content (AvgIpc) is 2.18. The predicted octanol–water partition coefficient (Wildman–Crippen LogP) is 1.22. The van der Waals surface area contributed by atoms with E-state index in [1.165, 1.54) is 0 Å². The Balaban J connectivity index is 2.04. The second-order valence-corrected chi connectivity index (χ2v) is 7.14. The van der Waals surface area contributed by atoms with Gasteiger partial charge < -0.3 is 10.5 Å². The van der Waals surface area contributed by atoms with Crippen LogP contribution in [-0.4, -0.2) is 27.4 Å². The molecule has 4 nitrogen and oxygen atoms in total. The summed E-state index contributed by atoms with van der Waals surface area (Å²) in [5.74, 6) is 0.257. The summed E-state index contributed by atoms with van der Waals surface area (Å²) < 4.78 is 29.1. The van der Waals surface area contributed by atoms with Crippen LogP contribution in [0.25, 0.3) is 0 Å². The zero-order valence-corrected chi connectivity index (χ0v) is 10.7. The molecule has 1 aliphatic rings. The minimum atomic E-state index is -3.09. The van der Waals surface area contributed by atoms with E-state index in [0.717, 1.165) is 5.56 Å². The number of hydrogen-bond donors (Lipinski definition) is 1. The number of hydrogen-bond acceptors (Lipinski definition) is 4. The first kappa shape index (κ1) is 12.4. The zero-order valence-electron chi connectivity index (χ0n) is 9.85. The third kappa shape index (κ3) is 3.20. The summed E-state index contributed by atoms with van der Waals surface area (Å²) in [4.78, 5) is 0. The molecule has 0 unspecified atom stereocenters. The number of ether oxygens (including phenoxy) is 1. The van der Waals surface area contributed by atoms with Crippen molar-refractivity contribution in [2.45, 2.75) is 12.7 Å². The topological polar surface area (TPSA) is 69.4 Å². The number of nitrogen functional groups attached to an aromatic ring is 1. The van der Waals surface area contributed by atoms with E-state index in [2.05, 4.69) is 0 Å². The van der Waals surface area contributed by atoms with Gasteiger partial charge >= 0.3 is 0 Å². The fourth-order valence-corrected chi connectivity index (χ4v) is 4.01. The smallest absolute Gasteiger partial charge is 0.155 e. The highest BCUT2D eigenvalue weighted by molar-refractivity contribution is 7.90. The predicted molar refractivity (Wildman–Crippen MR) is 67.3 cm³/mol. The number of sulfone groups is 1. The molecule has 0 radical (unpaired) electrons. The van der Waals surface area contributed by atoms with Gasteiger partial charge in [0.15, 0.2) is 9.84 Å². The largest absolute Gasteiger partial charge is 0.399 e. The number of nitrogens with two attached hydrogens (primary N) is 1. The molecule has 2 rings (SSSR count). The van der Waals surface area contributed by atoms with Crippen molar-refractivity contribution in [1.82, 2.24) is 0 Å². The number of rotatable bonds is 4. The molecule has 2 N–H and O–H groups in total. The lowest BCUT2D eigenvalue weighted by Crippen LogP contribution is -2.45. The Morgan fingerprint density at radius 2 is 1.88 bits per heavy atom. The Bertz CT molecular complexity index is 489. The first-order chi connectivity index (χ1) is 7.89. The summed E-state index contributed by atoms with van der Waals surface area (Å²) in [6, 6.07) is 6.96. The molecule has 1 aromatic carbocycles. The molecular weight excluding hydrogens is 238 g/mol. The molecule has 5 heteroatoms. The lowest BCUT2D eigenvalue weighted by Gasteiger charge is -2.37. The fourth-order valence-electron chi connectivity index (χ4n) is 1.98. The van der Waals surface area contributed by atoms with Gasteiger partial charge in [0.1, 0.15) is 0 Å². The van der Waals surface area contributed by atoms with Crippen molar-refractivity contribution in [2.24, 2.45) is 5.41 Å². The van der Waals surface area contributed by atoms with E-state index < -0.39 is 9.84 Å². The highest BCUT2D eigenvalue weighted by Gasteiger charge is 2.37. The summed E-state index contributed by atoms with van der Waals surface area (Å²) in [5, 5.41) is 0. The maximum absolute atomic E-state index is 12.0. The Morgan fingerprint density at radius 3 is 2.35 bits per heavy atom. The second-order valence-electron chi connectivity index (χ2n) is 5.08. The van der Waals surface area contributed by atoms with Gasteiger partial charge in [0.05, 0.1) is 24.7 Å². The molecule has 0 amide bonds. The van der Waals surface area contributed by atoms with Crippen molar-refractivity contribution in [3.8, 4) is 0 Å². The summed E-state index contributed by atoms with van der Waals surface area (Å²) in [6.07, 6.45) is 0. The standard InChI is InChI=1S/C12H17NO3S/c1-12(7-16-8-12)9-17(14,15)6-10-2-4-11(13)5-3-10/h2-5H,6-9,13H2,1H3. The van der Waals surface area contributed by atoms with E-state index in [4.69, 9.17) is 10.5 Å². The first-order valence-corrected chi connectivity index (χ1v) is 7.33. The van der Waals surface area contributed by atoms with Gasteiger partial charge in [-0.3, -0.25) is 0 Å². The van der Waals surface area contributed by atoms with Crippen LogP contribution in [0.1, 0.15) is 12.5 Å². The molecule has 0 saturated carbocycles. The molecule has 1 aromatic rings. The Morgan fingerprint density at radius 1 is 1.29 bits per heavy atom. The monoisotopic (exact) mass is 255 g/mol. The maximum Gasteiger partial charge on any atom is 0.155 e. The summed E-state index contributed by atoms with van der Waals surface area (Å²) in [7, 11) is -3.09. The molecule has 0 aromatic heterocycles. The molecule has 0 atom stereocenters. The summed E-state index contributed by atoms with van der Waals surface area (Å²) >= 11 is 0. The molecule has 1 fully saturated rings. The van der Waals surface area contributed by atoms with Gasteiger partial charge in [-0.1, -0.05) is 19.1 Å². The first-order valence-electron chi connectivity index (χ1n) is 5.51. The quantitative estimate of drug-likeness (QED) is 0.821. The van der Waals surface area contributed by atoms with E-state index >= 15 is 0 Å². The Labute approximate surface area is 102 Å². The van der Waals surface area contributed by atoms with Gasteiger partial charge in [-0.2, -0.15) is 0 Å². The van der Waals surface area contributed by atoms with E-state index in [-0.39, 0.29) is 16.9 Å². The van der Waals surface area contributed by atoms with Crippen LogP contribution in [-0.2, 0) is 20.3 Å². The zero-order chi connectivity index (χ0) is 12.5. The third-order valence-electron chi connectivity index (χ3n) is 2.84. The average molecular weight is 255 g/mol. The number of anilines is 1. The van der Waals surface area contributed by atoms with Gasteiger partial charge in [-0.25, -0.2) is 8.42 Å². The van der Waals surface area contributed by atoms with Crippen molar-refractivity contribution in [3.05, 3.63) is 29.8 Å². The highest BCUT2D eigenvalue weighted by atomic mass is 32.2. The normalized spacial score (nSPS) is 18.6. The van der Waals surface area contributed by atoms with Gasteiger partial charge in [-0.15, -0.1) is 0 Å². The lowest BCUT2D eigenvalue weighted by molar-refractivity contribution is -0.0870. The summed E-state index contributed by atoms with van der Waals surface area (Å²) in [5.41, 5.74) is 6.78. The Hall–Kier alpha value is -1.07. The van der Waals surface area contributed by atoms with Crippen molar-refractivity contribution >= 4 is 15.5 Å². The molecule has 1 saturated heterocycles. The molecule has 17 heavy (non-hydrogen) atoms. The van der Waals surface area contributed by atoms with E-state index in [1.54, 1.807) is 24.3 Å². The molecule has 1 heterocycles. The molecule has 0 spiro atoms. The van der Waals surface area contributed by atoms with Gasteiger partial charge in [0, 0.05) is 11.1 Å². The van der Waals surface area contributed by atoms with Crippen LogP contribution in [0.5, 0.6) is 0 Å². The minimum Gasteiger partial charge on any atom is -0.399 e. The van der Waals surface area contributed by atoms with E-state index in [1.807, 2.05) is 6.92 Å². The molecule has 1 aliphatic heterocycles. The van der Waals surface area contributed by atoms with Crippen molar-refractivity contribution < 1.29 is 13.2 Å². The van der Waals surface area contributed by atoms with Crippen LogP contribution in [0.2, 0.25) is 0 Å². The van der Waals surface area contributed by atoms with Crippen molar-refractivity contribution in [3.63, 3.8) is 0 Å². The van der Waals surface area contributed by atoms with Crippen LogP contribution in [0.3, 0.4) is 0 Å². The Kier molecular flexibility index (Phi) is 3.14. The van der Waals surface area contributed by atoms with Crippen molar-refractivity contribution in [1.29, 1.82) is 0 Å². The van der Waals surface area contributed by atoms with E-state index in [9.17, 15) is 8.42 Å². The molecular formula is C12H17NO3S. The molecule has 0 bridgehead atoms. The highest BCUT2D eigenvalue weighted by Crippen LogP contribution is 2.29. The maximum atomic E-state index is 12.0. The molecule has 0 aliphatic carbocycles. The van der Waals surface area contributed by atoms with Gasteiger partial charge in [-0.05, 0) is 17.7 Å². The van der Waals surface area contributed by atoms with Crippen LogP contribution >= 0.6 is 0 Å². The van der Waals surface area contributed by atoms with Gasteiger partial charge in [0.25, 0.3) is 0 Å².